The third-order valence-electron chi connectivity index (χ3n) is 2.75. The van der Waals surface area contributed by atoms with Gasteiger partial charge in [-0.2, -0.15) is 0 Å². The number of carbonyl (C=O) groups excluding carboxylic acids is 1. The van der Waals surface area contributed by atoms with Crippen LogP contribution in [0.1, 0.15) is 39.0 Å². The van der Waals surface area contributed by atoms with E-state index >= 15 is 0 Å². The molecule has 2 atom stereocenters. The third-order valence-corrected chi connectivity index (χ3v) is 2.75. The number of carbonyl (C=O) groups is 1. The SMILES string of the molecule is CCOCCC(=O)N[C@H]1CCCC[C@@H]1O. The normalized spacial score (nSPS) is 26.3. The molecule has 0 spiro atoms. The first-order valence-corrected chi connectivity index (χ1v) is 5.79. The van der Waals surface area contributed by atoms with Crippen molar-refractivity contribution in [2.45, 2.75) is 51.2 Å². The number of hydrogen-bond acceptors (Lipinski definition) is 3. The third kappa shape index (κ3) is 4.62. The van der Waals surface area contributed by atoms with Crippen LogP contribution in [0.15, 0.2) is 0 Å². The molecule has 88 valence electrons. The molecule has 4 nitrogen and oxygen atoms in total. The number of amides is 1. The summed E-state index contributed by atoms with van der Waals surface area (Å²) in [6.07, 6.45) is 3.87. The molecule has 2 N–H and O–H groups in total. The number of rotatable bonds is 5. The minimum Gasteiger partial charge on any atom is -0.391 e. The molecule has 0 unspecified atom stereocenters. The summed E-state index contributed by atoms with van der Waals surface area (Å²) in [5.74, 6) is -0.0191. The lowest BCUT2D eigenvalue weighted by Crippen LogP contribution is -2.45. The molecule has 4 heteroatoms. The summed E-state index contributed by atoms with van der Waals surface area (Å²) in [7, 11) is 0. The van der Waals surface area contributed by atoms with Gasteiger partial charge < -0.3 is 15.2 Å². The quantitative estimate of drug-likeness (QED) is 0.668. The van der Waals surface area contributed by atoms with Gasteiger partial charge in [0, 0.05) is 13.0 Å². The molecular formula is C11H21NO3. The van der Waals surface area contributed by atoms with Crippen LogP contribution in [0, 0.1) is 0 Å². The van der Waals surface area contributed by atoms with Crippen LogP contribution in [0.2, 0.25) is 0 Å². The maximum atomic E-state index is 11.4. The molecule has 1 fully saturated rings. The molecule has 0 aromatic heterocycles. The van der Waals surface area contributed by atoms with Crippen LogP contribution >= 0.6 is 0 Å². The molecule has 0 aliphatic heterocycles. The van der Waals surface area contributed by atoms with Crippen LogP contribution < -0.4 is 5.32 Å². The van der Waals surface area contributed by atoms with E-state index < -0.39 is 0 Å². The first kappa shape index (κ1) is 12.5. The number of hydrogen-bond donors (Lipinski definition) is 2. The van der Waals surface area contributed by atoms with Gasteiger partial charge in [-0.3, -0.25) is 4.79 Å². The van der Waals surface area contributed by atoms with Gasteiger partial charge in [0.1, 0.15) is 0 Å². The van der Waals surface area contributed by atoms with Crippen molar-refractivity contribution >= 4 is 5.91 Å². The zero-order valence-electron chi connectivity index (χ0n) is 9.37. The largest absolute Gasteiger partial charge is 0.391 e. The summed E-state index contributed by atoms with van der Waals surface area (Å²) in [5.41, 5.74) is 0. The van der Waals surface area contributed by atoms with E-state index in [4.69, 9.17) is 4.74 Å². The first-order valence-electron chi connectivity index (χ1n) is 5.79. The highest BCUT2D eigenvalue weighted by Gasteiger charge is 2.23. The van der Waals surface area contributed by atoms with Crippen molar-refractivity contribution in [3.63, 3.8) is 0 Å². The molecule has 0 heterocycles. The van der Waals surface area contributed by atoms with Gasteiger partial charge in [-0.15, -0.1) is 0 Å². The zero-order chi connectivity index (χ0) is 11.1. The molecule has 1 aliphatic rings. The Morgan fingerprint density at radius 3 is 2.87 bits per heavy atom. The predicted octanol–water partition coefficient (Wildman–Crippen LogP) is 0.833. The van der Waals surface area contributed by atoms with Gasteiger partial charge in [0.2, 0.25) is 5.91 Å². The van der Waals surface area contributed by atoms with Crippen molar-refractivity contribution in [2.24, 2.45) is 0 Å². The highest BCUT2D eigenvalue weighted by Crippen LogP contribution is 2.18. The van der Waals surface area contributed by atoms with Crippen molar-refractivity contribution in [3.05, 3.63) is 0 Å². The Hall–Kier alpha value is -0.610. The summed E-state index contributed by atoms with van der Waals surface area (Å²) in [4.78, 5) is 11.4. The summed E-state index contributed by atoms with van der Waals surface area (Å²) in [6, 6.07) is -0.0483. The number of aliphatic hydroxyl groups is 1. The van der Waals surface area contributed by atoms with Gasteiger partial charge in [0.15, 0.2) is 0 Å². The van der Waals surface area contributed by atoms with Crippen molar-refractivity contribution in [2.75, 3.05) is 13.2 Å². The van der Waals surface area contributed by atoms with Crippen LogP contribution in [0.3, 0.4) is 0 Å². The van der Waals surface area contributed by atoms with E-state index in [2.05, 4.69) is 5.32 Å². The van der Waals surface area contributed by atoms with Crippen LogP contribution in [0.25, 0.3) is 0 Å². The monoisotopic (exact) mass is 215 g/mol. The maximum absolute atomic E-state index is 11.4. The highest BCUT2D eigenvalue weighted by molar-refractivity contribution is 5.76. The number of ether oxygens (including phenoxy) is 1. The molecule has 1 aliphatic carbocycles. The minimum atomic E-state index is -0.366. The number of aliphatic hydroxyl groups excluding tert-OH is 1. The van der Waals surface area contributed by atoms with Crippen molar-refractivity contribution in [1.29, 1.82) is 0 Å². The summed E-state index contributed by atoms with van der Waals surface area (Å²) < 4.78 is 5.10. The second-order valence-electron chi connectivity index (χ2n) is 3.97. The smallest absolute Gasteiger partial charge is 0.222 e. The van der Waals surface area contributed by atoms with Crippen molar-refractivity contribution in [3.8, 4) is 0 Å². The fourth-order valence-corrected chi connectivity index (χ4v) is 1.87. The fraction of sp³-hybridized carbons (Fsp3) is 0.909. The molecule has 0 radical (unpaired) electrons. The van der Waals surface area contributed by atoms with E-state index in [9.17, 15) is 9.90 Å². The Labute approximate surface area is 91.0 Å². The maximum Gasteiger partial charge on any atom is 0.222 e. The fourth-order valence-electron chi connectivity index (χ4n) is 1.87. The topological polar surface area (TPSA) is 58.6 Å². The molecule has 1 rings (SSSR count). The zero-order valence-corrected chi connectivity index (χ0v) is 9.37. The molecule has 0 aromatic carbocycles. The second kappa shape index (κ2) is 6.80. The van der Waals surface area contributed by atoms with Crippen LogP contribution in [-0.4, -0.2) is 36.4 Å². The predicted molar refractivity (Wildman–Crippen MR) is 57.5 cm³/mol. The van der Waals surface area contributed by atoms with E-state index in [1.165, 1.54) is 0 Å². The van der Waals surface area contributed by atoms with Gasteiger partial charge in [0.25, 0.3) is 0 Å². The molecule has 1 amide bonds. The van der Waals surface area contributed by atoms with E-state index in [1.807, 2.05) is 6.92 Å². The molecule has 15 heavy (non-hydrogen) atoms. The molecular weight excluding hydrogens is 194 g/mol. The van der Waals surface area contributed by atoms with Gasteiger partial charge in [-0.05, 0) is 19.8 Å². The molecule has 0 aromatic rings. The van der Waals surface area contributed by atoms with E-state index in [1.54, 1.807) is 0 Å². The Kier molecular flexibility index (Phi) is 5.65. The van der Waals surface area contributed by atoms with Crippen molar-refractivity contribution in [1.82, 2.24) is 5.32 Å². The summed E-state index contributed by atoms with van der Waals surface area (Å²) in [6.45, 7) is 3.01. The highest BCUT2D eigenvalue weighted by atomic mass is 16.5. The van der Waals surface area contributed by atoms with Gasteiger partial charge in [-0.1, -0.05) is 12.8 Å². The van der Waals surface area contributed by atoms with Crippen LogP contribution in [-0.2, 0) is 9.53 Å². The van der Waals surface area contributed by atoms with Gasteiger partial charge >= 0.3 is 0 Å². The average Bonchev–Trinajstić information content (AvgIpc) is 2.22. The van der Waals surface area contributed by atoms with E-state index in [0.717, 1.165) is 25.7 Å². The van der Waals surface area contributed by atoms with Gasteiger partial charge in [-0.25, -0.2) is 0 Å². The minimum absolute atomic E-state index is 0.0191. The lowest BCUT2D eigenvalue weighted by Gasteiger charge is -2.28. The van der Waals surface area contributed by atoms with E-state index in [-0.39, 0.29) is 18.1 Å². The lowest BCUT2D eigenvalue weighted by molar-refractivity contribution is -0.124. The average molecular weight is 215 g/mol. The Balaban J connectivity index is 2.18. The lowest BCUT2D eigenvalue weighted by atomic mass is 9.92. The van der Waals surface area contributed by atoms with E-state index in [0.29, 0.717) is 19.6 Å². The summed E-state index contributed by atoms with van der Waals surface area (Å²) >= 11 is 0. The van der Waals surface area contributed by atoms with Crippen LogP contribution in [0.4, 0.5) is 0 Å². The first-order chi connectivity index (χ1) is 7.24. The molecule has 0 bridgehead atoms. The molecule has 0 saturated heterocycles. The summed E-state index contributed by atoms with van der Waals surface area (Å²) in [5, 5.41) is 12.5. The Morgan fingerprint density at radius 1 is 1.47 bits per heavy atom. The van der Waals surface area contributed by atoms with Crippen LogP contribution in [0.5, 0.6) is 0 Å². The van der Waals surface area contributed by atoms with Gasteiger partial charge in [0.05, 0.1) is 18.8 Å². The Bertz CT molecular complexity index is 196. The number of nitrogens with one attached hydrogen (secondary N) is 1. The standard InChI is InChI=1S/C11H21NO3/c1-2-15-8-7-11(14)12-9-5-3-4-6-10(9)13/h9-10,13H,2-8H2,1H3,(H,12,14)/t9-,10-/m0/s1. The van der Waals surface area contributed by atoms with Crippen molar-refractivity contribution < 1.29 is 14.6 Å². The second-order valence-corrected chi connectivity index (χ2v) is 3.97. The Morgan fingerprint density at radius 2 is 2.20 bits per heavy atom. The molecule has 1 saturated carbocycles.